The van der Waals surface area contributed by atoms with E-state index in [0.29, 0.717) is 21.3 Å². The second-order valence-electron chi connectivity index (χ2n) is 8.09. The van der Waals surface area contributed by atoms with Crippen LogP contribution in [-0.4, -0.2) is 41.4 Å². The summed E-state index contributed by atoms with van der Waals surface area (Å²) in [6.45, 7) is 7.31. The van der Waals surface area contributed by atoms with Gasteiger partial charge in [-0.05, 0) is 45.2 Å². The van der Waals surface area contributed by atoms with Gasteiger partial charge < -0.3 is 9.31 Å². The molecule has 2 aromatic carbocycles. The number of alkyl halides is 3. The lowest BCUT2D eigenvalue weighted by Crippen LogP contribution is -2.41. The Morgan fingerprint density at radius 1 is 1.13 bits per heavy atom. The fraction of sp³-hybridized carbons (Fsp3) is 0.389. The van der Waals surface area contributed by atoms with Crippen molar-refractivity contribution in [3.63, 3.8) is 0 Å². The monoisotopic (exact) mass is 460 g/mol. The van der Waals surface area contributed by atoms with Crippen molar-refractivity contribution in [3.8, 4) is 0 Å². The minimum atomic E-state index is -5.73. The zero-order valence-corrected chi connectivity index (χ0v) is 18.0. The summed E-state index contributed by atoms with van der Waals surface area (Å²) < 4.78 is 75.9. The summed E-state index contributed by atoms with van der Waals surface area (Å²) in [6.07, 6.45) is 1.06. The van der Waals surface area contributed by atoms with E-state index in [0.717, 1.165) is 6.20 Å². The zero-order valence-electron chi connectivity index (χ0n) is 16.4. The molecule has 0 atom stereocenters. The van der Waals surface area contributed by atoms with Gasteiger partial charge in [0, 0.05) is 21.3 Å². The minimum Gasteiger partial charge on any atom is -0.399 e. The standard InChI is InChI=1S/C18H17BClF3N2O4S/c1-16(2)17(3,4)29-19(28-16)15-11-9-24-25(30(26,27)18(21,22)23)13(11)8-10-6-5-7-12(20)14(10)15/h5-9H,1-4H3. The van der Waals surface area contributed by atoms with Crippen LogP contribution in [0.25, 0.3) is 21.7 Å². The van der Waals surface area contributed by atoms with Gasteiger partial charge in [-0.25, -0.2) is 0 Å². The molecule has 1 aliphatic rings. The van der Waals surface area contributed by atoms with Gasteiger partial charge >= 0.3 is 22.7 Å². The number of hydrogen-bond acceptors (Lipinski definition) is 5. The van der Waals surface area contributed by atoms with Crippen molar-refractivity contribution in [1.82, 2.24) is 9.19 Å². The van der Waals surface area contributed by atoms with Gasteiger partial charge in [-0.2, -0.15) is 26.7 Å². The lowest BCUT2D eigenvalue weighted by atomic mass is 9.74. The van der Waals surface area contributed by atoms with Crippen molar-refractivity contribution in [1.29, 1.82) is 0 Å². The van der Waals surface area contributed by atoms with Crippen molar-refractivity contribution in [3.05, 3.63) is 35.5 Å². The molecule has 30 heavy (non-hydrogen) atoms. The molecule has 160 valence electrons. The molecule has 12 heteroatoms. The molecule has 0 unspecified atom stereocenters. The summed E-state index contributed by atoms with van der Waals surface area (Å²) >= 11 is 6.42. The van der Waals surface area contributed by atoms with Gasteiger partial charge in [0.1, 0.15) is 0 Å². The average molecular weight is 461 g/mol. The van der Waals surface area contributed by atoms with Crippen LogP contribution in [0.4, 0.5) is 13.2 Å². The molecule has 0 aliphatic carbocycles. The van der Waals surface area contributed by atoms with Gasteiger partial charge in [-0.1, -0.05) is 23.7 Å². The maximum atomic E-state index is 13.2. The smallest absolute Gasteiger partial charge is 0.399 e. The highest BCUT2D eigenvalue weighted by Crippen LogP contribution is 2.39. The van der Waals surface area contributed by atoms with Gasteiger partial charge in [-0.15, -0.1) is 4.09 Å². The number of aromatic nitrogens is 2. The molecule has 0 saturated carbocycles. The van der Waals surface area contributed by atoms with Crippen molar-refractivity contribution in [2.75, 3.05) is 0 Å². The second kappa shape index (κ2) is 6.35. The Kier molecular flexibility index (Phi) is 4.53. The van der Waals surface area contributed by atoms with Crippen LogP contribution in [0.1, 0.15) is 27.7 Å². The normalized spacial score (nSPS) is 19.1. The fourth-order valence-electron chi connectivity index (χ4n) is 3.40. The summed E-state index contributed by atoms with van der Waals surface area (Å²) in [5, 5.41) is 4.93. The van der Waals surface area contributed by atoms with Crippen LogP contribution in [0.15, 0.2) is 30.5 Å². The maximum Gasteiger partial charge on any atom is 0.518 e. The summed E-state index contributed by atoms with van der Waals surface area (Å²) in [5.74, 6) is 0. The Balaban J connectivity index is 2.08. The molecule has 1 fully saturated rings. The number of nitrogens with zero attached hydrogens (tertiary/aromatic N) is 2. The Labute approximate surface area is 176 Å². The highest BCUT2D eigenvalue weighted by molar-refractivity contribution is 7.90. The van der Waals surface area contributed by atoms with E-state index < -0.39 is 33.9 Å². The van der Waals surface area contributed by atoms with E-state index in [4.69, 9.17) is 20.9 Å². The molecule has 0 bridgehead atoms. The molecule has 0 radical (unpaired) electrons. The number of halogens is 4. The number of rotatable bonds is 2. The quantitative estimate of drug-likeness (QED) is 0.544. The topological polar surface area (TPSA) is 70.4 Å². The summed E-state index contributed by atoms with van der Waals surface area (Å²) in [6, 6.07) is 6.17. The van der Waals surface area contributed by atoms with Crippen LogP contribution in [0.2, 0.25) is 5.02 Å². The fourth-order valence-corrected chi connectivity index (χ4v) is 4.47. The second-order valence-corrected chi connectivity index (χ2v) is 10.3. The lowest BCUT2D eigenvalue weighted by Gasteiger charge is -2.32. The van der Waals surface area contributed by atoms with E-state index in [9.17, 15) is 21.6 Å². The van der Waals surface area contributed by atoms with E-state index in [1.165, 1.54) is 6.07 Å². The molecule has 1 saturated heterocycles. The van der Waals surface area contributed by atoms with E-state index >= 15 is 0 Å². The Morgan fingerprint density at radius 2 is 1.73 bits per heavy atom. The molecule has 0 spiro atoms. The third-order valence-electron chi connectivity index (χ3n) is 5.68. The van der Waals surface area contributed by atoms with Crippen molar-refractivity contribution < 1.29 is 30.9 Å². The number of fused-ring (bicyclic) bond motifs is 2. The van der Waals surface area contributed by atoms with Crippen molar-refractivity contribution in [2.45, 2.75) is 44.4 Å². The highest BCUT2D eigenvalue weighted by atomic mass is 35.5. The molecule has 0 N–H and O–H groups in total. The zero-order chi connectivity index (χ0) is 22.3. The molecule has 2 heterocycles. The SMILES string of the molecule is CC1(C)OB(c2c3cnn(S(=O)(=O)C(F)(F)F)c3cc3cccc(Cl)c23)OC1(C)C. The first-order valence-electron chi connectivity index (χ1n) is 8.94. The largest absolute Gasteiger partial charge is 0.518 e. The van der Waals surface area contributed by atoms with E-state index in [1.54, 1.807) is 18.2 Å². The van der Waals surface area contributed by atoms with Crippen LogP contribution in [-0.2, 0) is 19.3 Å². The van der Waals surface area contributed by atoms with Gasteiger partial charge in [0.05, 0.1) is 22.9 Å². The van der Waals surface area contributed by atoms with Crippen LogP contribution >= 0.6 is 11.6 Å². The van der Waals surface area contributed by atoms with E-state index in [2.05, 4.69) is 5.10 Å². The third kappa shape index (κ3) is 2.94. The summed E-state index contributed by atoms with van der Waals surface area (Å²) in [5.41, 5.74) is -6.90. The highest BCUT2D eigenvalue weighted by Gasteiger charge is 2.53. The molecule has 1 aliphatic heterocycles. The van der Waals surface area contributed by atoms with Crippen LogP contribution in [0.5, 0.6) is 0 Å². The van der Waals surface area contributed by atoms with E-state index in [1.807, 2.05) is 27.7 Å². The predicted molar refractivity (Wildman–Crippen MR) is 108 cm³/mol. The Bertz CT molecular complexity index is 1270. The van der Waals surface area contributed by atoms with E-state index in [-0.39, 0.29) is 15.0 Å². The first kappa shape index (κ1) is 21.4. The van der Waals surface area contributed by atoms with Crippen LogP contribution in [0, 0.1) is 0 Å². The Morgan fingerprint density at radius 3 is 2.30 bits per heavy atom. The molecular formula is C18H17BClF3N2O4S. The lowest BCUT2D eigenvalue weighted by molar-refractivity contribution is -0.0448. The van der Waals surface area contributed by atoms with Gasteiger partial charge in [-0.3, -0.25) is 0 Å². The van der Waals surface area contributed by atoms with Crippen LogP contribution in [0.3, 0.4) is 0 Å². The average Bonchev–Trinajstić information content (AvgIpc) is 3.10. The first-order valence-corrected chi connectivity index (χ1v) is 10.8. The molecule has 6 nitrogen and oxygen atoms in total. The predicted octanol–water partition coefficient (Wildman–Crippen LogP) is 3.84. The number of benzene rings is 2. The van der Waals surface area contributed by atoms with Crippen molar-refractivity contribution in [2.24, 2.45) is 0 Å². The van der Waals surface area contributed by atoms with Crippen LogP contribution < -0.4 is 5.46 Å². The minimum absolute atomic E-state index is 0.0165. The maximum absolute atomic E-state index is 13.2. The van der Waals surface area contributed by atoms with Gasteiger partial charge in [0.2, 0.25) is 0 Å². The molecule has 3 aromatic rings. The third-order valence-corrected chi connectivity index (χ3v) is 7.33. The number of hydrogen-bond donors (Lipinski definition) is 0. The first-order chi connectivity index (χ1) is 13.7. The van der Waals surface area contributed by atoms with Crippen molar-refractivity contribution >= 4 is 55.9 Å². The summed E-state index contributed by atoms with van der Waals surface area (Å²) in [4.78, 5) is 0. The molecule has 1 aromatic heterocycles. The molecule has 4 rings (SSSR count). The molecule has 0 amide bonds. The van der Waals surface area contributed by atoms with Gasteiger partial charge in [0.15, 0.2) is 0 Å². The Hall–Kier alpha value is -1.82. The molecular weight excluding hydrogens is 444 g/mol. The summed E-state index contributed by atoms with van der Waals surface area (Å²) in [7, 11) is -6.73. The van der Waals surface area contributed by atoms with Gasteiger partial charge in [0.25, 0.3) is 0 Å².